The van der Waals surface area contributed by atoms with Crippen molar-refractivity contribution >= 4 is 11.6 Å². The second-order valence-corrected chi connectivity index (χ2v) is 4.60. The summed E-state index contributed by atoms with van der Waals surface area (Å²) in [6, 6.07) is 12.7. The van der Waals surface area contributed by atoms with Crippen LogP contribution in [0.5, 0.6) is 5.75 Å². The number of ether oxygens (including phenoxy) is 1. The molecular formula is C17H17FN2O2. The molecule has 22 heavy (non-hydrogen) atoms. The largest absolute Gasteiger partial charge is 0.494 e. The number of hydrogen-bond acceptors (Lipinski definition) is 3. The summed E-state index contributed by atoms with van der Waals surface area (Å²) >= 11 is 0. The van der Waals surface area contributed by atoms with Gasteiger partial charge in [-0.15, -0.1) is 0 Å². The highest BCUT2D eigenvalue weighted by Crippen LogP contribution is 2.12. The molecule has 0 aliphatic heterocycles. The van der Waals surface area contributed by atoms with Gasteiger partial charge in [0.1, 0.15) is 11.6 Å². The lowest BCUT2D eigenvalue weighted by molar-refractivity contribution is 0.0955. The number of benzene rings is 2. The minimum Gasteiger partial charge on any atom is -0.494 e. The fraction of sp³-hybridized carbons (Fsp3) is 0.176. The Bertz CT molecular complexity index is 664. The van der Waals surface area contributed by atoms with Crippen LogP contribution in [0.2, 0.25) is 0 Å². The topological polar surface area (TPSA) is 50.7 Å². The van der Waals surface area contributed by atoms with Gasteiger partial charge in [0.15, 0.2) is 0 Å². The molecule has 2 aromatic carbocycles. The Morgan fingerprint density at radius 2 is 1.68 bits per heavy atom. The SMILES string of the molecule is CCOc1ccc(/C(C)=N/NC(=O)c2ccc(F)cc2)cc1. The normalized spacial score (nSPS) is 11.1. The Kier molecular flexibility index (Phi) is 5.25. The number of hydrogen-bond donors (Lipinski definition) is 1. The van der Waals surface area contributed by atoms with E-state index >= 15 is 0 Å². The Labute approximate surface area is 128 Å². The summed E-state index contributed by atoms with van der Waals surface area (Å²) in [6.07, 6.45) is 0. The predicted molar refractivity (Wildman–Crippen MR) is 83.7 cm³/mol. The molecule has 0 aliphatic rings. The number of rotatable bonds is 5. The van der Waals surface area contributed by atoms with Gasteiger partial charge in [-0.05, 0) is 67.9 Å². The molecule has 0 spiro atoms. The summed E-state index contributed by atoms with van der Waals surface area (Å²) in [7, 11) is 0. The molecule has 0 atom stereocenters. The van der Waals surface area contributed by atoms with Crippen LogP contribution in [-0.4, -0.2) is 18.2 Å². The smallest absolute Gasteiger partial charge is 0.271 e. The third-order valence-electron chi connectivity index (χ3n) is 3.01. The highest BCUT2D eigenvalue weighted by atomic mass is 19.1. The second kappa shape index (κ2) is 7.36. The van der Waals surface area contributed by atoms with Crippen molar-refractivity contribution in [2.45, 2.75) is 13.8 Å². The third-order valence-corrected chi connectivity index (χ3v) is 3.01. The highest BCUT2D eigenvalue weighted by molar-refractivity contribution is 6.00. The van der Waals surface area contributed by atoms with E-state index in [4.69, 9.17) is 4.74 Å². The van der Waals surface area contributed by atoms with E-state index in [1.165, 1.54) is 24.3 Å². The van der Waals surface area contributed by atoms with Crippen LogP contribution in [-0.2, 0) is 0 Å². The third kappa shape index (κ3) is 4.15. The molecule has 0 saturated heterocycles. The molecule has 0 heterocycles. The average Bonchev–Trinajstić information content (AvgIpc) is 2.54. The van der Waals surface area contributed by atoms with Crippen molar-refractivity contribution in [3.63, 3.8) is 0 Å². The van der Waals surface area contributed by atoms with Gasteiger partial charge >= 0.3 is 0 Å². The standard InChI is InChI=1S/C17H17FN2O2/c1-3-22-16-10-6-13(7-11-16)12(2)19-20-17(21)14-4-8-15(18)9-5-14/h4-11H,3H2,1-2H3,(H,20,21)/b19-12+. The summed E-state index contributed by atoms with van der Waals surface area (Å²) < 4.78 is 18.2. The molecule has 0 saturated carbocycles. The number of hydrazone groups is 1. The fourth-order valence-corrected chi connectivity index (χ4v) is 1.82. The number of amides is 1. The molecule has 0 radical (unpaired) electrons. The number of nitrogens with zero attached hydrogens (tertiary/aromatic N) is 1. The molecular weight excluding hydrogens is 283 g/mol. The van der Waals surface area contributed by atoms with E-state index in [0.29, 0.717) is 17.9 Å². The second-order valence-electron chi connectivity index (χ2n) is 4.60. The van der Waals surface area contributed by atoms with Crippen molar-refractivity contribution < 1.29 is 13.9 Å². The summed E-state index contributed by atoms with van der Waals surface area (Å²) in [5.41, 5.74) is 4.35. The van der Waals surface area contributed by atoms with Crippen LogP contribution >= 0.6 is 0 Å². The molecule has 1 N–H and O–H groups in total. The van der Waals surface area contributed by atoms with Crippen molar-refractivity contribution in [2.24, 2.45) is 5.10 Å². The molecule has 0 bridgehead atoms. The maximum absolute atomic E-state index is 12.8. The van der Waals surface area contributed by atoms with Crippen LogP contribution in [0.1, 0.15) is 29.8 Å². The van der Waals surface area contributed by atoms with Gasteiger partial charge in [-0.2, -0.15) is 5.10 Å². The summed E-state index contributed by atoms with van der Waals surface area (Å²) in [5, 5.41) is 4.05. The lowest BCUT2D eigenvalue weighted by atomic mass is 10.1. The van der Waals surface area contributed by atoms with E-state index in [0.717, 1.165) is 11.3 Å². The lowest BCUT2D eigenvalue weighted by Crippen LogP contribution is -2.19. The van der Waals surface area contributed by atoms with Gasteiger partial charge < -0.3 is 4.74 Å². The molecule has 0 fully saturated rings. The Balaban J connectivity index is 2.02. The molecule has 114 valence electrons. The molecule has 1 amide bonds. The zero-order valence-corrected chi connectivity index (χ0v) is 12.5. The monoisotopic (exact) mass is 300 g/mol. The minimum absolute atomic E-state index is 0.352. The van der Waals surface area contributed by atoms with Crippen molar-refractivity contribution in [3.05, 3.63) is 65.5 Å². The van der Waals surface area contributed by atoms with Crippen LogP contribution in [0.4, 0.5) is 4.39 Å². The highest BCUT2D eigenvalue weighted by Gasteiger charge is 2.05. The van der Waals surface area contributed by atoms with E-state index < -0.39 is 0 Å². The number of nitrogens with one attached hydrogen (secondary N) is 1. The Hall–Kier alpha value is -2.69. The molecule has 2 rings (SSSR count). The molecule has 2 aromatic rings. The van der Waals surface area contributed by atoms with Gasteiger partial charge in [0.2, 0.25) is 0 Å². The zero-order chi connectivity index (χ0) is 15.9. The molecule has 5 heteroatoms. The molecule has 4 nitrogen and oxygen atoms in total. The van der Waals surface area contributed by atoms with Gasteiger partial charge in [0.25, 0.3) is 5.91 Å². The van der Waals surface area contributed by atoms with Gasteiger partial charge in [0, 0.05) is 5.56 Å². The zero-order valence-electron chi connectivity index (χ0n) is 12.5. The Morgan fingerprint density at radius 3 is 2.27 bits per heavy atom. The van der Waals surface area contributed by atoms with Gasteiger partial charge in [-0.25, -0.2) is 9.82 Å². The Morgan fingerprint density at radius 1 is 1.09 bits per heavy atom. The lowest BCUT2D eigenvalue weighted by Gasteiger charge is -2.05. The summed E-state index contributed by atoms with van der Waals surface area (Å²) in [4.78, 5) is 11.9. The van der Waals surface area contributed by atoms with Crippen LogP contribution in [0.25, 0.3) is 0 Å². The molecule has 0 aliphatic carbocycles. The molecule has 0 unspecified atom stereocenters. The summed E-state index contributed by atoms with van der Waals surface area (Å²) in [5.74, 6) is 0.0188. The maximum atomic E-state index is 12.8. The number of carbonyl (C=O) groups is 1. The van der Waals surface area contributed by atoms with Gasteiger partial charge in [-0.1, -0.05) is 0 Å². The van der Waals surface area contributed by atoms with E-state index in [1.54, 1.807) is 6.92 Å². The summed E-state index contributed by atoms with van der Waals surface area (Å²) in [6.45, 7) is 4.33. The molecule has 0 aromatic heterocycles. The van der Waals surface area contributed by atoms with Crippen molar-refractivity contribution in [3.8, 4) is 5.75 Å². The van der Waals surface area contributed by atoms with E-state index in [9.17, 15) is 9.18 Å². The van der Waals surface area contributed by atoms with Gasteiger partial charge in [0.05, 0.1) is 12.3 Å². The van der Waals surface area contributed by atoms with Crippen molar-refractivity contribution in [2.75, 3.05) is 6.61 Å². The van der Waals surface area contributed by atoms with Crippen LogP contribution in [0.3, 0.4) is 0 Å². The minimum atomic E-state index is -0.384. The van der Waals surface area contributed by atoms with Crippen LogP contribution in [0.15, 0.2) is 53.6 Å². The first-order valence-electron chi connectivity index (χ1n) is 6.93. The maximum Gasteiger partial charge on any atom is 0.271 e. The van der Waals surface area contributed by atoms with E-state index in [-0.39, 0.29) is 11.7 Å². The van der Waals surface area contributed by atoms with Gasteiger partial charge in [-0.3, -0.25) is 4.79 Å². The van der Waals surface area contributed by atoms with Crippen LogP contribution in [0, 0.1) is 5.82 Å². The number of carbonyl (C=O) groups excluding carboxylic acids is 1. The average molecular weight is 300 g/mol. The fourth-order valence-electron chi connectivity index (χ4n) is 1.82. The quantitative estimate of drug-likeness (QED) is 0.680. The first-order valence-corrected chi connectivity index (χ1v) is 6.93. The predicted octanol–water partition coefficient (Wildman–Crippen LogP) is 3.38. The number of halogens is 1. The van der Waals surface area contributed by atoms with Crippen LogP contribution < -0.4 is 10.2 Å². The van der Waals surface area contributed by atoms with E-state index in [2.05, 4.69) is 10.5 Å². The van der Waals surface area contributed by atoms with E-state index in [1.807, 2.05) is 31.2 Å². The first kappa shape index (κ1) is 15.7. The first-order chi connectivity index (χ1) is 10.6. The van der Waals surface area contributed by atoms with Crippen molar-refractivity contribution in [1.29, 1.82) is 0 Å². The van der Waals surface area contributed by atoms with Crippen molar-refractivity contribution in [1.82, 2.24) is 5.43 Å².